The van der Waals surface area contributed by atoms with E-state index in [9.17, 15) is 18.0 Å². The Morgan fingerprint density at radius 1 is 1.22 bits per heavy atom. The van der Waals surface area contributed by atoms with E-state index >= 15 is 0 Å². The molecule has 0 aromatic heterocycles. The van der Waals surface area contributed by atoms with Gasteiger partial charge in [0.15, 0.2) is 0 Å². The van der Waals surface area contributed by atoms with Crippen LogP contribution in [-0.2, 0) is 16.8 Å². The molecule has 1 aromatic carbocycles. The molecule has 0 aliphatic heterocycles. The maximum atomic E-state index is 12.2. The molecule has 0 heterocycles. The molecular formula is C13H12F3NO. The Bertz CT molecular complexity index is 468. The Hall–Kier alpha value is -1.61. The SMILES string of the molecule is O=C=NC1(c2ccc(CC(F)(F)F)cc2)CCC1. The molecule has 0 saturated heterocycles. The van der Waals surface area contributed by atoms with Crippen LogP contribution < -0.4 is 0 Å². The van der Waals surface area contributed by atoms with E-state index in [1.165, 1.54) is 12.1 Å². The monoisotopic (exact) mass is 255 g/mol. The van der Waals surface area contributed by atoms with Crippen LogP contribution in [-0.4, -0.2) is 12.3 Å². The molecule has 2 nitrogen and oxygen atoms in total. The van der Waals surface area contributed by atoms with Gasteiger partial charge in [0.25, 0.3) is 0 Å². The van der Waals surface area contributed by atoms with E-state index in [4.69, 9.17) is 0 Å². The van der Waals surface area contributed by atoms with Gasteiger partial charge >= 0.3 is 6.18 Å². The van der Waals surface area contributed by atoms with Gasteiger partial charge in [-0.1, -0.05) is 24.3 Å². The first-order valence-electron chi connectivity index (χ1n) is 5.70. The summed E-state index contributed by atoms with van der Waals surface area (Å²) in [5.41, 5.74) is 0.470. The van der Waals surface area contributed by atoms with Crippen molar-refractivity contribution >= 4 is 6.08 Å². The van der Waals surface area contributed by atoms with Gasteiger partial charge in [-0.05, 0) is 30.4 Å². The first-order valence-corrected chi connectivity index (χ1v) is 5.70. The molecule has 0 bridgehead atoms. The maximum Gasteiger partial charge on any atom is 0.393 e. The highest BCUT2D eigenvalue weighted by Gasteiger charge is 2.38. The van der Waals surface area contributed by atoms with Gasteiger partial charge in [0, 0.05) is 0 Å². The summed E-state index contributed by atoms with van der Waals surface area (Å²) in [4.78, 5) is 14.2. The second-order valence-corrected chi connectivity index (χ2v) is 4.58. The number of benzene rings is 1. The Balaban J connectivity index is 2.19. The molecule has 1 aromatic rings. The van der Waals surface area contributed by atoms with Crippen LogP contribution in [0.4, 0.5) is 13.2 Å². The van der Waals surface area contributed by atoms with Crippen molar-refractivity contribution < 1.29 is 18.0 Å². The molecule has 0 unspecified atom stereocenters. The van der Waals surface area contributed by atoms with E-state index in [1.807, 2.05) is 0 Å². The van der Waals surface area contributed by atoms with Crippen molar-refractivity contribution in [3.63, 3.8) is 0 Å². The summed E-state index contributed by atoms with van der Waals surface area (Å²) in [6, 6.07) is 6.15. The van der Waals surface area contributed by atoms with E-state index < -0.39 is 18.1 Å². The number of hydrogen-bond acceptors (Lipinski definition) is 2. The summed E-state index contributed by atoms with van der Waals surface area (Å²) >= 11 is 0. The smallest absolute Gasteiger partial charge is 0.211 e. The van der Waals surface area contributed by atoms with Crippen molar-refractivity contribution in [2.75, 3.05) is 0 Å². The lowest BCUT2D eigenvalue weighted by atomic mass is 9.72. The minimum Gasteiger partial charge on any atom is -0.211 e. The van der Waals surface area contributed by atoms with E-state index in [-0.39, 0.29) is 5.56 Å². The quantitative estimate of drug-likeness (QED) is 0.600. The van der Waals surface area contributed by atoms with Crippen LogP contribution in [0.1, 0.15) is 30.4 Å². The van der Waals surface area contributed by atoms with Gasteiger partial charge in [0.1, 0.15) is 0 Å². The van der Waals surface area contributed by atoms with Crippen LogP contribution in [0.15, 0.2) is 29.3 Å². The summed E-state index contributed by atoms with van der Waals surface area (Å²) < 4.78 is 36.6. The summed E-state index contributed by atoms with van der Waals surface area (Å²) in [5.74, 6) is 0. The zero-order chi connectivity index (χ0) is 13.2. The molecule has 2 rings (SSSR count). The molecule has 5 heteroatoms. The molecule has 0 radical (unpaired) electrons. The lowest BCUT2D eigenvalue weighted by Gasteiger charge is -2.37. The topological polar surface area (TPSA) is 29.4 Å². The van der Waals surface area contributed by atoms with Crippen molar-refractivity contribution in [1.29, 1.82) is 0 Å². The minimum absolute atomic E-state index is 0.218. The van der Waals surface area contributed by atoms with Crippen molar-refractivity contribution in [3.8, 4) is 0 Å². The third kappa shape index (κ3) is 2.62. The van der Waals surface area contributed by atoms with Gasteiger partial charge in [0.2, 0.25) is 6.08 Å². The van der Waals surface area contributed by atoms with E-state index in [1.54, 1.807) is 18.2 Å². The van der Waals surface area contributed by atoms with Crippen LogP contribution in [0.3, 0.4) is 0 Å². The molecule has 1 aliphatic carbocycles. The second-order valence-electron chi connectivity index (χ2n) is 4.58. The predicted molar refractivity (Wildman–Crippen MR) is 59.9 cm³/mol. The Morgan fingerprint density at radius 3 is 2.22 bits per heavy atom. The van der Waals surface area contributed by atoms with Crippen LogP contribution in [0, 0.1) is 0 Å². The molecule has 1 fully saturated rings. The highest BCUT2D eigenvalue weighted by Crippen LogP contribution is 2.44. The van der Waals surface area contributed by atoms with Gasteiger partial charge in [-0.3, -0.25) is 0 Å². The molecule has 0 amide bonds. The summed E-state index contributed by atoms with van der Waals surface area (Å²) in [6.07, 6.45) is -1.10. The third-order valence-electron chi connectivity index (χ3n) is 3.34. The van der Waals surface area contributed by atoms with Crippen molar-refractivity contribution in [1.82, 2.24) is 0 Å². The van der Waals surface area contributed by atoms with E-state index in [2.05, 4.69) is 4.99 Å². The number of isocyanates is 1. The fraction of sp³-hybridized carbons (Fsp3) is 0.462. The lowest BCUT2D eigenvalue weighted by Crippen LogP contribution is -2.31. The Labute approximate surface area is 103 Å². The van der Waals surface area contributed by atoms with E-state index in [0.29, 0.717) is 0 Å². The fourth-order valence-corrected chi connectivity index (χ4v) is 2.23. The Morgan fingerprint density at radius 2 is 1.83 bits per heavy atom. The zero-order valence-electron chi connectivity index (χ0n) is 9.63. The van der Waals surface area contributed by atoms with Gasteiger partial charge in [-0.25, -0.2) is 4.79 Å². The zero-order valence-corrected chi connectivity index (χ0v) is 9.63. The molecule has 1 aliphatic rings. The van der Waals surface area contributed by atoms with Gasteiger partial charge in [-0.15, -0.1) is 0 Å². The van der Waals surface area contributed by atoms with Crippen molar-refractivity contribution in [2.45, 2.75) is 37.4 Å². The first kappa shape index (κ1) is 12.8. The number of rotatable bonds is 3. The number of alkyl halides is 3. The number of carbonyl (C=O) groups excluding carboxylic acids is 1. The summed E-state index contributed by atoms with van der Waals surface area (Å²) in [6.45, 7) is 0. The van der Waals surface area contributed by atoms with Crippen LogP contribution in [0.2, 0.25) is 0 Å². The lowest BCUT2D eigenvalue weighted by molar-refractivity contribution is -0.127. The van der Waals surface area contributed by atoms with Crippen LogP contribution in [0.5, 0.6) is 0 Å². The van der Waals surface area contributed by atoms with Crippen molar-refractivity contribution in [2.24, 2.45) is 4.99 Å². The molecule has 0 N–H and O–H groups in total. The van der Waals surface area contributed by atoms with Crippen LogP contribution in [0.25, 0.3) is 0 Å². The minimum atomic E-state index is -4.20. The maximum absolute atomic E-state index is 12.2. The molecular weight excluding hydrogens is 243 g/mol. The van der Waals surface area contributed by atoms with Gasteiger partial charge in [-0.2, -0.15) is 18.2 Å². The molecule has 0 atom stereocenters. The summed E-state index contributed by atoms with van der Waals surface area (Å²) in [5, 5.41) is 0. The summed E-state index contributed by atoms with van der Waals surface area (Å²) in [7, 11) is 0. The van der Waals surface area contributed by atoms with E-state index in [0.717, 1.165) is 24.8 Å². The second kappa shape index (κ2) is 4.58. The molecule has 18 heavy (non-hydrogen) atoms. The average Bonchev–Trinajstić information content (AvgIpc) is 2.23. The largest absolute Gasteiger partial charge is 0.393 e. The predicted octanol–water partition coefficient (Wildman–Crippen LogP) is 3.51. The Kier molecular flexibility index (Phi) is 3.26. The number of halogens is 3. The highest BCUT2D eigenvalue weighted by molar-refractivity contribution is 5.40. The van der Waals surface area contributed by atoms with Gasteiger partial charge in [0.05, 0.1) is 12.0 Å². The van der Waals surface area contributed by atoms with Gasteiger partial charge < -0.3 is 0 Å². The molecule has 1 saturated carbocycles. The van der Waals surface area contributed by atoms with Crippen LogP contribution >= 0.6 is 0 Å². The molecule has 96 valence electrons. The van der Waals surface area contributed by atoms with Crippen molar-refractivity contribution in [3.05, 3.63) is 35.4 Å². The third-order valence-corrected chi connectivity index (χ3v) is 3.34. The highest BCUT2D eigenvalue weighted by atomic mass is 19.4. The normalized spacial score (nSPS) is 17.7. The standard InChI is InChI=1S/C13H12F3NO/c14-13(15,16)8-10-2-4-11(5-3-10)12(17-9-18)6-1-7-12/h2-5H,1,6-8H2. The molecule has 0 spiro atoms. The number of hydrogen-bond donors (Lipinski definition) is 0. The number of aliphatic imine (C=N–C) groups is 1. The first-order chi connectivity index (χ1) is 8.45. The fourth-order valence-electron chi connectivity index (χ4n) is 2.23. The average molecular weight is 255 g/mol. The number of nitrogens with zero attached hydrogens (tertiary/aromatic N) is 1.